The van der Waals surface area contributed by atoms with Crippen molar-refractivity contribution in [2.75, 3.05) is 10.6 Å². The minimum atomic E-state index is -0.165. The van der Waals surface area contributed by atoms with E-state index in [1.54, 1.807) is 24.4 Å². The molecule has 0 fully saturated rings. The molecule has 0 saturated carbocycles. The van der Waals surface area contributed by atoms with E-state index in [0.29, 0.717) is 28.6 Å². The predicted octanol–water partition coefficient (Wildman–Crippen LogP) is 3.94. The highest BCUT2D eigenvalue weighted by Crippen LogP contribution is 2.30. The summed E-state index contributed by atoms with van der Waals surface area (Å²) in [6.07, 6.45) is 1.66. The van der Waals surface area contributed by atoms with Crippen molar-refractivity contribution in [2.24, 2.45) is 0 Å². The fourth-order valence-electron chi connectivity index (χ4n) is 1.82. The third-order valence-corrected chi connectivity index (χ3v) is 3.62. The lowest BCUT2D eigenvalue weighted by Crippen LogP contribution is -2.08. The summed E-state index contributed by atoms with van der Waals surface area (Å²) in [5.41, 5.74) is 2.06. The Hall–Kier alpha value is -2.10. The fraction of sp³-hybridized carbons (Fsp3) is 0.133. The van der Waals surface area contributed by atoms with Crippen LogP contribution in [0.3, 0.4) is 0 Å². The zero-order valence-corrected chi connectivity index (χ0v) is 14.0. The van der Waals surface area contributed by atoms with Crippen LogP contribution in [0.1, 0.15) is 18.1 Å². The molecule has 0 aliphatic rings. The van der Waals surface area contributed by atoms with Gasteiger partial charge in [-0.3, -0.25) is 4.79 Å². The molecule has 0 atom stereocenters. The molecule has 2 aromatic rings. The van der Waals surface area contributed by atoms with Crippen molar-refractivity contribution in [3.8, 4) is 6.07 Å². The Labute approximate surface area is 141 Å². The molecule has 0 unspecified atom stereocenters. The third kappa shape index (κ3) is 4.20. The van der Waals surface area contributed by atoms with Crippen LogP contribution in [-0.2, 0) is 11.3 Å². The maximum atomic E-state index is 10.9. The molecule has 0 bridgehead atoms. The van der Waals surface area contributed by atoms with Crippen LogP contribution < -0.4 is 10.6 Å². The molecule has 7 heteroatoms. The predicted molar refractivity (Wildman–Crippen MR) is 89.7 cm³/mol. The molecule has 2 N–H and O–H groups in total. The highest BCUT2D eigenvalue weighted by molar-refractivity contribution is 9.10. The maximum Gasteiger partial charge on any atom is 0.222 e. The first-order valence-electron chi connectivity index (χ1n) is 6.35. The largest absolute Gasteiger partial charge is 0.379 e. The van der Waals surface area contributed by atoms with Crippen molar-refractivity contribution in [3.63, 3.8) is 0 Å². The van der Waals surface area contributed by atoms with Crippen molar-refractivity contribution in [3.05, 3.63) is 51.1 Å². The molecule has 5 nitrogen and oxygen atoms in total. The summed E-state index contributed by atoms with van der Waals surface area (Å²) in [6, 6.07) is 9.00. The summed E-state index contributed by atoms with van der Waals surface area (Å²) in [6.45, 7) is 1.92. The first kappa shape index (κ1) is 16.3. The summed E-state index contributed by atoms with van der Waals surface area (Å²) >= 11 is 9.31. The van der Waals surface area contributed by atoms with Gasteiger partial charge in [0.1, 0.15) is 11.9 Å². The number of nitrogens with one attached hydrogen (secondary N) is 2. The Morgan fingerprint density at radius 1 is 1.45 bits per heavy atom. The van der Waals surface area contributed by atoms with E-state index in [-0.39, 0.29) is 5.91 Å². The highest BCUT2D eigenvalue weighted by Gasteiger charge is 2.08. The van der Waals surface area contributed by atoms with Crippen LogP contribution in [0, 0.1) is 11.3 Å². The molecule has 0 radical (unpaired) electrons. The first-order valence-corrected chi connectivity index (χ1v) is 7.52. The number of aromatic nitrogens is 1. The van der Waals surface area contributed by atoms with Gasteiger partial charge in [-0.05, 0) is 39.7 Å². The molecule has 0 aliphatic heterocycles. The van der Waals surface area contributed by atoms with Gasteiger partial charge in [-0.15, -0.1) is 0 Å². The topological polar surface area (TPSA) is 77.8 Å². The number of anilines is 2. The Morgan fingerprint density at radius 2 is 2.23 bits per heavy atom. The van der Waals surface area contributed by atoms with E-state index in [9.17, 15) is 4.79 Å². The van der Waals surface area contributed by atoms with Gasteiger partial charge in [-0.1, -0.05) is 17.7 Å². The zero-order valence-electron chi connectivity index (χ0n) is 11.7. The van der Waals surface area contributed by atoms with Gasteiger partial charge in [0.25, 0.3) is 0 Å². The van der Waals surface area contributed by atoms with Crippen LogP contribution >= 0.6 is 27.5 Å². The molecule has 0 aliphatic carbocycles. The average molecular weight is 380 g/mol. The first-order chi connectivity index (χ1) is 10.5. The van der Waals surface area contributed by atoms with E-state index in [1.807, 2.05) is 6.07 Å². The van der Waals surface area contributed by atoms with E-state index < -0.39 is 0 Å². The lowest BCUT2D eigenvalue weighted by Gasteiger charge is -2.11. The van der Waals surface area contributed by atoms with Crippen LogP contribution in [0.2, 0.25) is 5.02 Å². The van der Waals surface area contributed by atoms with Crippen LogP contribution in [0.4, 0.5) is 11.5 Å². The smallest absolute Gasteiger partial charge is 0.222 e. The second-order valence-corrected chi connectivity index (χ2v) is 5.80. The standard InChI is InChI=1S/C15H12BrClN4O/c1-9(22)21-14-3-2-10(7-19-14)8-20-15-11(6-18)4-12(17)5-13(15)16/h2-5,7,20H,8H2,1H3,(H,19,21,22). The molecule has 0 saturated heterocycles. The second kappa shape index (κ2) is 7.25. The van der Waals surface area contributed by atoms with Crippen molar-refractivity contribution in [2.45, 2.75) is 13.5 Å². The average Bonchev–Trinajstić information content (AvgIpc) is 2.46. The van der Waals surface area contributed by atoms with Crippen LogP contribution in [0.5, 0.6) is 0 Å². The molecular weight excluding hydrogens is 368 g/mol. The van der Waals surface area contributed by atoms with Gasteiger partial charge < -0.3 is 10.6 Å². The van der Waals surface area contributed by atoms with Crippen molar-refractivity contribution < 1.29 is 4.79 Å². The summed E-state index contributed by atoms with van der Waals surface area (Å²) in [7, 11) is 0. The number of carbonyl (C=O) groups excluding carboxylic acids is 1. The molecule has 2 rings (SSSR count). The molecule has 1 heterocycles. The molecule has 1 aromatic carbocycles. The number of nitriles is 1. The van der Waals surface area contributed by atoms with Gasteiger partial charge >= 0.3 is 0 Å². The minimum Gasteiger partial charge on any atom is -0.379 e. The molecule has 1 amide bonds. The van der Waals surface area contributed by atoms with Crippen molar-refractivity contribution >= 4 is 44.9 Å². The summed E-state index contributed by atoms with van der Waals surface area (Å²) in [5, 5.41) is 15.4. The van der Waals surface area contributed by atoms with E-state index in [0.717, 1.165) is 10.0 Å². The van der Waals surface area contributed by atoms with Gasteiger partial charge in [-0.2, -0.15) is 5.26 Å². The third-order valence-electron chi connectivity index (χ3n) is 2.77. The van der Waals surface area contributed by atoms with E-state index >= 15 is 0 Å². The Morgan fingerprint density at radius 3 is 2.82 bits per heavy atom. The Balaban J connectivity index is 2.11. The zero-order chi connectivity index (χ0) is 16.1. The van der Waals surface area contributed by atoms with Crippen molar-refractivity contribution in [1.29, 1.82) is 5.26 Å². The van der Waals surface area contributed by atoms with E-state index in [1.165, 1.54) is 6.92 Å². The van der Waals surface area contributed by atoms with Crippen molar-refractivity contribution in [1.82, 2.24) is 4.98 Å². The maximum absolute atomic E-state index is 10.9. The Bertz CT molecular complexity index is 740. The molecule has 1 aromatic heterocycles. The molecular formula is C15H12BrClN4O. The van der Waals surface area contributed by atoms with Crippen LogP contribution in [0.25, 0.3) is 0 Å². The van der Waals surface area contributed by atoms with Gasteiger partial charge in [0.15, 0.2) is 0 Å². The quantitative estimate of drug-likeness (QED) is 0.843. The number of halogens is 2. The number of hydrogen-bond acceptors (Lipinski definition) is 4. The second-order valence-electron chi connectivity index (χ2n) is 4.51. The summed E-state index contributed by atoms with van der Waals surface area (Å²) in [4.78, 5) is 15.1. The van der Waals surface area contributed by atoms with Gasteiger partial charge in [0, 0.05) is 29.2 Å². The number of nitrogens with zero attached hydrogens (tertiary/aromatic N) is 2. The number of pyridine rings is 1. The number of hydrogen-bond donors (Lipinski definition) is 2. The highest BCUT2D eigenvalue weighted by atomic mass is 79.9. The van der Waals surface area contributed by atoms with E-state index in [2.05, 4.69) is 37.6 Å². The monoisotopic (exact) mass is 378 g/mol. The van der Waals surface area contributed by atoms with Gasteiger partial charge in [-0.25, -0.2) is 4.98 Å². The molecule has 0 spiro atoms. The number of rotatable bonds is 4. The SMILES string of the molecule is CC(=O)Nc1ccc(CNc2c(Br)cc(Cl)cc2C#N)cn1. The molecule has 112 valence electrons. The lowest BCUT2D eigenvalue weighted by molar-refractivity contribution is -0.114. The minimum absolute atomic E-state index is 0.165. The van der Waals surface area contributed by atoms with E-state index in [4.69, 9.17) is 16.9 Å². The molecule has 22 heavy (non-hydrogen) atoms. The number of carbonyl (C=O) groups is 1. The van der Waals surface area contributed by atoms with Crippen LogP contribution in [0.15, 0.2) is 34.9 Å². The normalized spacial score (nSPS) is 9.91. The lowest BCUT2D eigenvalue weighted by atomic mass is 10.2. The van der Waals surface area contributed by atoms with Gasteiger partial charge in [0.05, 0.1) is 11.3 Å². The number of amides is 1. The summed E-state index contributed by atoms with van der Waals surface area (Å²) < 4.78 is 0.722. The summed E-state index contributed by atoms with van der Waals surface area (Å²) in [5.74, 6) is 0.337. The fourth-order valence-corrected chi connectivity index (χ4v) is 2.77. The Kier molecular flexibility index (Phi) is 5.36. The van der Waals surface area contributed by atoms with Crippen LogP contribution in [-0.4, -0.2) is 10.9 Å². The van der Waals surface area contributed by atoms with Gasteiger partial charge in [0.2, 0.25) is 5.91 Å². The number of benzene rings is 1.